The zero-order valence-electron chi connectivity index (χ0n) is 24.3. The second-order valence-corrected chi connectivity index (χ2v) is 10.8. The molecule has 2 heterocycles. The number of carboxylic acids is 2. The number of halogens is 4. The second kappa shape index (κ2) is 14.9. The first-order valence-corrected chi connectivity index (χ1v) is 14.5. The van der Waals surface area contributed by atoms with Gasteiger partial charge in [-0.1, -0.05) is 30.3 Å². The number of carboxylic acid groups (broad SMARTS) is 2. The summed E-state index contributed by atoms with van der Waals surface area (Å²) in [7, 11) is 0. The van der Waals surface area contributed by atoms with Crippen LogP contribution in [-0.4, -0.2) is 28.5 Å². The van der Waals surface area contributed by atoms with Crippen LogP contribution in [0.1, 0.15) is 43.8 Å². The number of carbonyl (C=O) groups is 2. The Balaban J connectivity index is 0.000000230. The summed E-state index contributed by atoms with van der Waals surface area (Å²) < 4.78 is 64.3. The van der Waals surface area contributed by atoms with E-state index in [9.17, 15) is 22.8 Å². The van der Waals surface area contributed by atoms with Crippen molar-refractivity contribution in [2.45, 2.75) is 33.4 Å². The van der Waals surface area contributed by atoms with Gasteiger partial charge in [-0.05, 0) is 96.6 Å². The summed E-state index contributed by atoms with van der Waals surface area (Å²) in [6, 6.07) is 22.8. The number of benzene rings is 3. The molecule has 46 heavy (non-hydrogen) atoms. The van der Waals surface area contributed by atoms with Crippen molar-refractivity contribution in [3.05, 3.63) is 123 Å². The minimum atomic E-state index is -4.78. The van der Waals surface area contributed by atoms with Gasteiger partial charge in [-0.2, -0.15) is 0 Å². The van der Waals surface area contributed by atoms with Gasteiger partial charge >= 0.3 is 18.3 Å². The number of para-hydroxylation sites is 1. The van der Waals surface area contributed by atoms with Gasteiger partial charge in [-0.3, -0.25) is 0 Å². The molecule has 5 rings (SSSR count). The van der Waals surface area contributed by atoms with E-state index < -0.39 is 18.3 Å². The van der Waals surface area contributed by atoms with Crippen molar-refractivity contribution in [3.8, 4) is 28.4 Å². The van der Waals surface area contributed by atoms with E-state index in [4.69, 9.17) is 28.5 Å². The molecular formula is C33H26F3IO9. The van der Waals surface area contributed by atoms with E-state index >= 15 is 0 Å². The van der Waals surface area contributed by atoms with Gasteiger partial charge < -0.3 is 33.3 Å². The van der Waals surface area contributed by atoms with E-state index in [1.165, 1.54) is 30.3 Å². The molecule has 0 atom stereocenters. The molecule has 13 heteroatoms. The standard InChI is InChI=1S/C20H15F3O5.C13H11IO4/c1-12-14(10-18(27-12)19(24)25)11-26-15-8-6-13(7-9-15)16-4-2-3-5-17(16)28-20(21,22)23;1-8-9(6-12(18-8)13(15)16)7-17-11-4-2-10(14)3-5-11/h2-10H,11H2,1H3,(H,24,25);2-6H,7H2,1H3,(H,15,16). The SMILES string of the molecule is Cc1oc(C(=O)O)cc1COc1ccc(-c2ccccc2OC(F)(F)F)cc1.Cc1oc(C(=O)O)cc1COc1ccc(I)cc1. The Bertz CT molecular complexity index is 1790. The number of rotatable bonds is 10. The lowest BCUT2D eigenvalue weighted by molar-refractivity contribution is -0.274. The monoisotopic (exact) mass is 750 g/mol. The van der Waals surface area contributed by atoms with E-state index in [1.807, 2.05) is 24.3 Å². The van der Waals surface area contributed by atoms with Crippen LogP contribution >= 0.6 is 22.6 Å². The van der Waals surface area contributed by atoms with Crippen molar-refractivity contribution in [1.29, 1.82) is 0 Å². The third kappa shape index (κ3) is 9.54. The first kappa shape index (κ1) is 34.0. The molecule has 0 saturated heterocycles. The Morgan fingerprint density at radius 3 is 1.63 bits per heavy atom. The largest absolute Gasteiger partial charge is 0.573 e. The van der Waals surface area contributed by atoms with Crippen LogP contribution in [0.25, 0.3) is 11.1 Å². The number of aromatic carboxylic acids is 2. The summed E-state index contributed by atoms with van der Waals surface area (Å²) in [6.45, 7) is 3.74. The van der Waals surface area contributed by atoms with Gasteiger partial charge in [0.15, 0.2) is 0 Å². The van der Waals surface area contributed by atoms with Crippen LogP contribution in [0.15, 0.2) is 93.8 Å². The first-order valence-electron chi connectivity index (χ1n) is 13.4. The second-order valence-electron chi connectivity index (χ2n) is 9.59. The number of aryl methyl sites for hydroxylation is 2. The van der Waals surface area contributed by atoms with Crippen molar-refractivity contribution in [2.24, 2.45) is 0 Å². The first-order chi connectivity index (χ1) is 21.8. The molecule has 0 unspecified atom stereocenters. The van der Waals surface area contributed by atoms with E-state index in [0.29, 0.717) is 40.6 Å². The lowest BCUT2D eigenvalue weighted by atomic mass is 10.0. The fourth-order valence-electron chi connectivity index (χ4n) is 4.04. The molecule has 0 amide bonds. The van der Waals surface area contributed by atoms with Gasteiger partial charge in [-0.25, -0.2) is 9.59 Å². The fraction of sp³-hybridized carbons (Fsp3) is 0.152. The molecule has 2 N–H and O–H groups in total. The Morgan fingerprint density at radius 2 is 1.20 bits per heavy atom. The highest BCUT2D eigenvalue weighted by atomic mass is 127. The highest BCUT2D eigenvalue weighted by Crippen LogP contribution is 2.34. The minimum absolute atomic E-state index is 0.0614. The third-order valence-corrected chi connectivity index (χ3v) is 7.06. The Kier molecular flexibility index (Phi) is 11.0. The molecular weight excluding hydrogens is 724 g/mol. The zero-order chi connectivity index (χ0) is 33.4. The fourth-order valence-corrected chi connectivity index (χ4v) is 4.40. The Hall–Kier alpha value is -4.92. The summed E-state index contributed by atoms with van der Waals surface area (Å²) in [5.41, 5.74) is 2.15. The molecule has 9 nitrogen and oxygen atoms in total. The van der Waals surface area contributed by atoms with Crippen LogP contribution in [0.2, 0.25) is 0 Å². The van der Waals surface area contributed by atoms with Crippen molar-refractivity contribution >= 4 is 34.5 Å². The molecule has 0 aliphatic heterocycles. The molecule has 5 aromatic rings. The number of hydrogen-bond donors (Lipinski definition) is 2. The van der Waals surface area contributed by atoms with E-state index in [-0.39, 0.29) is 23.9 Å². The van der Waals surface area contributed by atoms with Gasteiger partial charge in [0.1, 0.15) is 42.0 Å². The zero-order valence-corrected chi connectivity index (χ0v) is 26.4. The predicted octanol–water partition coefficient (Wildman–Crippen LogP) is 8.90. The number of hydrogen-bond acceptors (Lipinski definition) is 7. The van der Waals surface area contributed by atoms with Gasteiger partial charge in [0.05, 0.1) is 0 Å². The van der Waals surface area contributed by atoms with Crippen LogP contribution in [0.4, 0.5) is 13.2 Å². The maximum Gasteiger partial charge on any atom is 0.573 e. The molecule has 0 radical (unpaired) electrons. The molecule has 0 aliphatic carbocycles. The van der Waals surface area contributed by atoms with Crippen molar-refractivity contribution in [1.82, 2.24) is 0 Å². The maximum atomic E-state index is 12.6. The Morgan fingerprint density at radius 1 is 0.739 bits per heavy atom. The van der Waals surface area contributed by atoms with Crippen LogP contribution in [0, 0.1) is 17.4 Å². The van der Waals surface area contributed by atoms with Crippen molar-refractivity contribution in [3.63, 3.8) is 0 Å². The summed E-state index contributed by atoms with van der Waals surface area (Å²) in [5, 5.41) is 17.7. The molecule has 0 fully saturated rings. The van der Waals surface area contributed by atoms with Crippen molar-refractivity contribution in [2.75, 3.05) is 0 Å². The molecule has 0 spiro atoms. The molecule has 3 aromatic carbocycles. The normalized spacial score (nSPS) is 10.9. The average Bonchev–Trinajstić information content (AvgIpc) is 3.58. The molecule has 0 bridgehead atoms. The third-order valence-electron chi connectivity index (χ3n) is 6.34. The maximum absolute atomic E-state index is 12.6. The summed E-state index contributed by atoms with van der Waals surface area (Å²) in [6.07, 6.45) is -4.78. The number of furan rings is 2. The average molecular weight is 750 g/mol. The number of alkyl halides is 3. The van der Waals surface area contributed by atoms with Crippen molar-refractivity contribution < 1.29 is 56.0 Å². The van der Waals surface area contributed by atoms with E-state index in [1.54, 1.807) is 44.2 Å². The van der Waals surface area contributed by atoms with Crippen LogP contribution < -0.4 is 14.2 Å². The lowest BCUT2D eigenvalue weighted by Crippen LogP contribution is -2.17. The molecule has 240 valence electrons. The van der Waals surface area contributed by atoms with Crippen LogP contribution in [0.5, 0.6) is 17.2 Å². The molecule has 2 aromatic heterocycles. The lowest BCUT2D eigenvalue weighted by Gasteiger charge is -2.13. The highest BCUT2D eigenvalue weighted by Gasteiger charge is 2.32. The van der Waals surface area contributed by atoms with Gasteiger partial charge in [0.25, 0.3) is 0 Å². The topological polar surface area (TPSA) is 129 Å². The van der Waals surface area contributed by atoms with Crippen LogP contribution in [-0.2, 0) is 13.2 Å². The Labute approximate surface area is 274 Å². The minimum Gasteiger partial charge on any atom is -0.489 e. The summed E-state index contributed by atoms with van der Waals surface area (Å²) in [4.78, 5) is 21.7. The predicted molar refractivity (Wildman–Crippen MR) is 167 cm³/mol. The quantitative estimate of drug-likeness (QED) is 0.135. The highest BCUT2D eigenvalue weighted by molar-refractivity contribution is 14.1. The number of ether oxygens (including phenoxy) is 3. The van der Waals surface area contributed by atoms with Crippen LogP contribution in [0.3, 0.4) is 0 Å². The van der Waals surface area contributed by atoms with Gasteiger partial charge in [0, 0.05) is 20.3 Å². The smallest absolute Gasteiger partial charge is 0.489 e. The molecule has 0 aliphatic rings. The summed E-state index contributed by atoms with van der Waals surface area (Å²) in [5.74, 6) is -0.550. The van der Waals surface area contributed by atoms with E-state index in [0.717, 1.165) is 14.9 Å². The summed E-state index contributed by atoms with van der Waals surface area (Å²) >= 11 is 2.22. The molecule has 0 saturated carbocycles. The van der Waals surface area contributed by atoms with Gasteiger partial charge in [-0.15, -0.1) is 13.2 Å². The van der Waals surface area contributed by atoms with Gasteiger partial charge in [0.2, 0.25) is 11.5 Å². The van der Waals surface area contributed by atoms with E-state index in [2.05, 4.69) is 27.3 Å².